The van der Waals surface area contributed by atoms with Crippen molar-refractivity contribution >= 4 is 17.5 Å². The molecule has 0 heterocycles. The SMILES string of the molecule is CC(=O)NCC1CCCC(Cl)C1. The molecule has 1 N–H and O–H groups in total. The molecule has 1 saturated carbocycles. The van der Waals surface area contributed by atoms with E-state index in [0.717, 1.165) is 19.4 Å². The van der Waals surface area contributed by atoms with Crippen molar-refractivity contribution in [3.05, 3.63) is 0 Å². The molecule has 2 nitrogen and oxygen atoms in total. The molecule has 70 valence electrons. The minimum Gasteiger partial charge on any atom is -0.356 e. The number of halogens is 1. The van der Waals surface area contributed by atoms with Gasteiger partial charge in [0.1, 0.15) is 0 Å². The second-order valence-electron chi connectivity index (χ2n) is 3.57. The Labute approximate surface area is 78.7 Å². The zero-order valence-electron chi connectivity index (χ0n) is 7.48. The van der Waals surface area contributed by atoms with Crippen LogP contribution in [0.3, 0.4) is 0 Å². The first-order chi connectivity index (χ1) is 5.68. The Morgan fingerprint density at radius 1 is 1.58 bits per heavy atom. The lowest BCUT2D eigenvalue weighted by Gasteiger charge is -2.25. The van der Waals surface area contributed by atoms with Crippen LogP contribution in [0.2, 0.25) is 0 Å². The molecular formula is C9H16ClNO. The summed E-state index contributed by atoms with van der Waals surface area (Å²) in [5.74, 6) is 0.664. The lowest BCUT2D eigenvalue weighted by atomic mass is 9.89. The van der Waals surface area contributed by atoms with Gasteiger partial charge in [0.15, 0.2) is 0 Å². The Balaban J connectivity index is 2.18. The average molecular weight is 190 g/mol. The van der Waals surface area contributed by atoms with Crippen LogP contribution in [0.25, 0.3) is 0 Å². The van der Waals surface area contributed by atoms with E-state index >= 15 is 0 Å². The topological polar surface area (TPSA) is 29.1 Å². The standard InChI is InChI=1S/C9H16ClNO/c1-7(12)11-6-8-3-2-4-9(10)5-8/h8-9H,2-6H2,1H3,(H,11,12). The predicted molar refractivity (Wildman–Crippen MR) is 50.3 cm³/mol. The Kier molecular flexibility index (Phi) is 3.86. The van der Waals surface area contributed by atoms with Crippen molar-refractivity contribution in [3.8, 4) is 0 Å². The normalized spacial score (nSPS) is 29.8. The van der Waals surface area contributed by atoms with Crippen molar-refractivity contribution in [1.29, 1.82) is 0 Å². The fraction of sp³-hybridized carbons (Fsp3) is 0.889. The van der Waals surface area contributed by atoms with Gasteiger partial charge in [-0.15, -0.1) is 11.6 Å². The third-order valence-electron chi connectivity index (χ3n) is 2.36. The average Bonchev–Trinajstić information content (AvgIpc) is 2.01. The van der Waals surface area contributed by atoms with Crippen LogP contribution >= 0.6 is 11.6 Å². The number of alkyl halides is 1. The molecule has 0 aliphatic heterocycles. The maximum Gasteiger partial charge on any atom is 0.216 e. The number of rotatable bonds is 2. The van der Waals surface area contributed by atoms with Crippen LogP contribution in [0.5, 0.6) is 0 Å². The largest absolute Gasteiger partial charge is 0.356 e. The van der Waals surface area contributed by atoms with E-state index in [1.807, 2.05) is 0 Å². The fourth-order valence-electron chi connectivity index (χ4n) is 1.70. The van der Waals surface area contributed by atoms with E-state index in [2.05, 4.69) is 5.32 Å². The molecule has 0 radical (unpaired) electrons. The number of hydrogen-bond donors (Lipinski definition) is 1. The molecule has 1 aliphatic rings. The first-order valence-corrected chi connectivity index (χ1v) is 5.00. The highest BCUT2D eigenvalue weighted by Gasteiger charge is 2.19. The second-order valence-corrected chi connectivity index (χ2v) is 4.18. The van der Waals surface area contributed by atoms with Crippen LogP contribution in [0.1, 0.15) is 32.6 Å². The van der Waals surface area contributed by atoms with Crippen LogP contribution in [0, 0.1) is 5.92 Å². The van der Waals surface area contributed by atoms with Crippen molar-refractivity contribution in [2.24, 2.45) is 5.92 Å². The summed E-state index contributed by atoms with van der Waals surface area (Å²) in [4.78, 5) is 10.6. The summed E-state index contributed by atoms with van der Waals surface area (Å²) >= 11 is 6.01. The van der Waals surface area contributed by atoms with Gasteiger partial charge in [-0.1, -0.05) is 6.42 Å². The molecule has 3 heteroatoms. The maximum atomic E-state index is 10.6. The first-order valence-electron chi connectivity index (χ1n) is 4.57. The van der Waals surface area contributed by atoms with Gasteiger partial charge in [0.05, 0.1) is 0 Å². The third kappa shape index (κ3) is 3.44. The van der Waals surface area contributed by atoms with Gasteiger partial charge < -0.3 is 5.32 Å². The molecule has 0 aromatic rings. The molecule has 1 rings (SSSR count). The van der Waals surface area contributed by atoms with E-state index in [9.17, 15) is 4.79 Å². The Morgan fingerprint density at radius 2 is 2.33 bits per heavy atom. The zero-order valence-corrected chi connectivity index (χ0v) is 8.23. The summed E-state index contributed by atoms with van der Waals surface area (Å²) in [6.07, 6.45) is 4.61. The number of carbonyl (C=O) groups excluding carboxylic acids is 1. The van der Waals surface area contributed by atoms with E-state index < -0.39 is 0 Å². The Morgan fingerprint density at radius 3 is 2.92 bits per heavy atom. The molecule has 1 aliphatic carbocycles. The summed E-state index contributed by atoms with van der Waals surface area (Å²) in [6.45, 7) is 2.36. The van der Waals surface area contributed by atoms with Gasteiger partial charge in [-0.25, -0.2) is 0 Å². The first kappa shape index (κ1) is 9.85. The molecule has 12 heavy (non-hydrogen) atoms. The molecule has 0 bridgehead atoms. The van der Waals surface area contributed by atoms with E-state index in [1.54, 1.807) is 6.92 Å². The van der Waals surface area contributed by atoms with Gasteiger partial charge in [0, 0.05) is 18.8 Å². The van der Waals surface area contributed by atoms with Crippen molar-refractivity contribution in [3.63, 3.8) is 0 Å². The van der Waals surface area contributed by atoms with Crippen LogP contribution in [0.15, 0.2) is 0 Å². The summed E-state index contributed by atoms with van der Waals surface area (Å²) in [6, 6.07) is 0. The summed E-state index contributed by atoms with van der Waals surface area (Å²) in [5.41, 5.74) is 0. The molecule has 1 fully saturated rings. The summed E-state index contributed by atoms with van der Waals surface area (Å²) in [7, 11) is 0. The van der Waals surface area contributed by atoms with E-state index in [-0.39, 0.29) is 5.91 Å². The zero-order chi connectivity index (χ0) is 8.97. The van der Waals surface area contributed by atoms with Gasteiger partial charge in [-0.3, -0.25) is 4.79 Å². The van der Waals surface area contributed by atoms with Gasteiger partial charge >= 0.3 is 0 Å². The Bertz CT molecular complexity index is 161. The van der Waals surface area contributed by atoms with Crippen molar-refractivity contribution in [2.45, 2.75) is 38.0 Å². The number of nitrogens with one attached hydrogen (secondary N) is 1. The van der Waals surface area contributed by atoms with Gasteiger partial charge in [-0.2, -0.15) is 0 Å². The lowest BCUT2D eigenvalue weighted by Crippen LogP contribution is -2.30. The molecule has 1 amide bonds. The molecule has 0 aromatic carbocycles. The van der Waals surface area contributed by atoms with E-state index in [1.165, 1.54) is 12.8 Å². The molecule has 2 atom stereocenters. The summed E-state index contributed by atoms with van der Waals surface area (Å²) in [5, 5.41) is 3.17. The minimum absolute atomic E-state index is 0.0618. The van der Waals surface area contributed by atoms with E-state index in [0.29, 0.717) is 11.3 Å². The molecule has 0 spiro atoms. The lowest BCUT2D eigenvalue weighted by molar-refractivity contribution is -0.119. The van der Waals surface area contributed by atoms with Crippen LogP contribution < -0.4 is 5.32 Å². The molecule has 2 unspecified atom stereocenters. The number of amides is 1. The fourth-order valence-corrected chi connectivity index (χ4v) is 2.11. The van der Waals surface area contributed by atoms with Crippen LogP contribution in [-0.2, 0) is 4.79 Å². The summed E-state index contributed by atoms with van der Waals surface area (Å²) < 4.78 is 0. The smallest absolute Gasteiger partial charge is 0.216 e. The van der Waals surface area contributed by atoms with Crippen LogP contribution in [0.4, 0.5) is 0 Å². The highest BCUT2D eigenvalue weighted by molar-refractivity contribution is 6.20. The molecular weight excluding hydrogens is 174 g/mol. The number of hydrogen-bond acceptors (Lipinski definition) is 1. The predicted octanol–water partition coefficient (Wildman–Crippen LogP) is 1.92. The van der Waals surface area contributed by atoms with Gasteiger partial charge in [-0.05, 0) is 25.2 Å². The van der Waals surface area contributed by atoms with Crippen LogP contribution in [-0.4, -0.2) is 17.8 Å². The molecule has 0 saturated heterocycles. The molecule has 0 aromatic heterocycles. The van der Waals surface area contributed by atoms with Crippen molar-refractivity contribution < 1.29 is 4.79 Å². The Hall–Kier alpha value is -0.240. The van der Waals surface area contributed by atoms with Crippen molar-refractivity contribution in [1.82, 2.24) is 5.32 Å². The maximum absolute atomic E-state index is 10.6. The number of carbonyl (C=O) groups is 1. The highest BCUT2D eigenvalue weighted by atomic mass is 35.5. The van der Waals surface area contributed by atoms with Gasteiger partial charge in [0.2, 0.25) is 5.91 Å². The monoisotopic (exact) mass is 189 g/mol. The minimum atomic E-state index is 0.0618. The van der Waals surface area contributed by atoms with E-state index in [4.69, 9.17) is 11.6 Å². The third-order valence-corrected chi connectivity index (χ3v) is 2.75. The second kappa shape index (κ2) is 4.70. The van der Waals surface area contributed by atoms with Crippen molar-refractivity contribution in [2.75, 3.05) is 6.54 Å². The quantitative estimate of drug-likeness (QED) is 0.661. The highest BCUT2D eigenvalue weighted by Crippen LogP contribution is 2.27. The van der Waals surface area contributed by atoms with Gasteiger partial charge in [0.25, 0.3) is 0 Å².